The van der Waals surface area contributed by atoms with Crippen LogP contribution in [0.3, 0.4) is 0 Å². The molecule has 0 atom stereocenters. The van der Waals surface area contributed by atoms with Gasteiger partial charge in [0.05, 0.1) is 10.6 Å². The van der Waals surface area contributed by atoms with Gasteiger partial charge in [0.2, 0.25) is 5.88 Å². The number of carbonyl (C=O) groups excluding carboxylic acids is 1. The maximum absolute atomic E-state index is 12.2. The summed E-state index contributed by atoms with van der Waals surface area (Å²) in [5.74, 6) is 0.660. The lowest BCUT2D eigenvalue weighted by atomic mass is 10.0. The normalized spacial score (nSPS) is 15.3. The molecule has 174 valence electrons. The number of amides is 1. The summed E-state index contributed by atoms with van der Waals surface area (Å²) < 4.78 is 34.4. The Morgan fingerprint density at radius 3 is 2.34 bits per heavy atom. The van der Waals surface area contributed by atoms with Gasteiger partial charge in [-0.05, 0) is 63.9 Å². The quantitative estimate of drug-likeness (QED) is 0.690. The fourth-order valence-corrected chi connectivity index (χ4v) is 3.91. The summed E-state index contributed by atoms with van der Waals surface area (Å²) >= 11 is 0. The van der Waals surface area contributed by atoms with E-state index >= 15 is 0 Å². The summed E-state index contributed by atoms with van der Waals surface area (Å²) in [6.45, 7) is 6.74. The summed E-state index contributed by atoms with van der Waals surface area (Å²) in [5, 5.41) is 3.41. The molecular weight excluding hydrogens is 432 g/mol. The number of ether oxygens (including phenoxy) is 2. The SMILES string of the molecule is CC(C)(C)OC(=O)N1CCC(Nc2ccnc(Oc3ccc(S(C)(=O)=O)cc3)c2N)CC1. The van der Waals surface area contributed by atoms with Crippen LogP contribution in [-0.2, 0) is 14.6 Å². The van der Waals surface area contributed by atoms with Gasteiger partial charge in [-0.25, -0.2) is 18.2 Å². The molecule has 0 aliphatic carbocycles. The molecule has 0 bridgehead atoms. The predicted octanol–water partition coefficient (Wildman–Crippen LogP) is 3.67. The van der Waals surface area contributed by atoms with Gasteiger partial charge in [-0.15, -0.1) is 0 Å². The Hall–Kier alpha value is -3.01. The average molecular weight is 463 g/mol. The Morgan fingerprint density at radius 1 is 1.16 bits per heavy atom. The van der Waals surface area contributed by atoms with Crippen LogP contribution in [0.15, 0.2) is 41.4 Å². The van der Waals surface area contributed by atoms with Crippen LogP contribution in [0.5, 0.6) is 11.6 Å². The van der Waals surface area contributed by atoms with Crippen molar-refractivity contribution in [3.8, 4) is 11.6 Å². The van der Waals surface area contributed by atoms with Crippen LogP contribution in [0.4, 0.5) is 16.2 Å². The van der Waals surface area contributed by atoms with Gasteiger partial charge in [-0.1, -0.05) is 0 Å². The second-order valence-electron chi connectivity index (χ2n) is 8.81. The molecule has 0 spiro atoms. The number of benzene rings is 1. The van der Waals surface area contributed by atoms with Gasteiger partial charge in [-0.3, -0.25) is 0 Å². The fraction of sp³-hybridized carbons (Fsp3) is 0.455. The van der Waals surface area contributed by atoms with Gasteiger partial charge in [0.15, 0.2) is 9.84 Å². The minimum atomic E-state index is -3.28. The molecule has 3 rings (SSSR count). The summed E-state index contributed by atoms with van der Waals surface area (Å²) in [6.07, 6.45) is 3.95. The van der Waals surface area contributed by atoms with Crippen molar-refractivity contribution in [2.45, 2.75) is 50.2 Å². The molecule has 32 heavy (non-hydrogen) atoms. The van der Waals surface area contributed by atoms with Crippen LogP contribution in [0.25, 0.3) is 0 Å². The summed E-state index contributed by atoms with van der Waals surface area (Å²) in [4.78, 5) is 18.3. The number of rotatable bonds is 5. The highest BCUT2D eigenvalue weighted by atomic mass is 32.2. The third kappa shape index (κ3) is 6.25. The molecule has 3 N–H and O–H groups in total. The largest absolute Gasteiger partial charge is 0.444 e. The Kier molecular flexibility index (Phi) is 6.82. The fourth-order valence-electron chi connectivity index (χ4n) is 3.28. The first-order valence-electron chi connectivity index (χ1n) is 10.4. The molecule has 2 aromatic rings. The lowest BCUT2D eigenvalue weighted by Crippen LogP contribution is -2.44. The zero-order valence-electron chi connectivity index (χ0n) is 18.8. The third-order valence-electron chi connectivity index (χ3n) is 4.93. The molecular formula is C22H30N4O5S. The second-order valence-corrected chi connectivity index (χ2v) is 10.8. The molecule has 1 aromatic carbocycles. The van der Waals surface area contributed by atoms with Gasteiger partial charge in [0.25, 0.3) is 0 Å². The number of nitrogens with zero attached hydrogens (tertiary/aromatic N) is 2. The second kappa shape index (κ2) is 9.23. The number of likely N-dealkylation sites (tertiary alicyclic amines) is 1. The number of piperidine rings is 1. The van der Waals surface area contributed by atoms with Crippen molar-refractivity contribution < 1.29 is 22.7 Å². The third-order valence-corrected chi connectivity index (χ3v) is 6.05. The molecule has 1 aromatic heterocycles. The summed E-state index contributed by atoms with van der Waals surface area (Å²) in [6, 6.07) is 7.98. The first-order chi connectivity index (χ1) is 14.9. The Balaban J connectivity index is 1.61. The van der Waals surface area contributed by atoms with Crippen molar-refractivity contribution in [1.29, 1.82) is 0 Å². The number of nitrogen functional groups attached to an aromatic ring is 1. The number of hydrogen-bond acceptors (Lipinski definition) is 8. The number of nitrogens with two attached hydrogens (primary N) is 1. The van der Waals surface area contributed by atoms with Crippen molar-refractivity contribution in [3.63, 3.8) is 0 Å². The molecule has 9 nitrogen and oxygen atoms in total. The van der Waals surface area contributed by atoms with Crippen molar-refractivity contribution in [3.05, 3.63) is 36.5 Å². The summed E-state index contributed by atoms with van der Waals surface area (Å²) in [5.41, 5.74) is 6.80. The number of aromatic nitrogens is 1. The first kappa shape index (κ1) is 23.6. The van der Waals surface area contributed by atoms with E-state index in [9.17, 15) is 13.2 Å². The molecule has 1 aliphatic rings. The van der Waals surface area contributed by atoms with Gasteiger partial charge < -0.3 is 25.4 Å². The van der Waals surface area contributed by atoms with Gasteiger partial charge >= 0.3 is 6.09 Å². The highest BCUT2D eigenvalue weighted by Crippen LogP contribution is 2.32. The smallest absolute Gasteiger partial charge is 0.410 e. The highest BCUT2D eigenvalue weighted by Gasteiger charge is 2.27. The molecule has 1 aliphatic heterocycles. The van der Waals surface area contributed by atoms with E-state index in [1.807, 2.05) is 20.8 Å². The summed E-state index contributed by atoms with van der Waals surface area (Å²) in [7, 11) is -3.28. The van der Waals surface area contributed by atoms with Crippen LogP contribution in [0, 0.1) is 0 Å². The number of sulfone groups is 1. The molecule has 0 saturated carbocycles. The van der Waals surface area contributed by atoms with E-state index in [1.165, 1.54) is 12.1 Å². The molecule has 0 radical (unpaired) electrons. The van der Waals surface area contributed by atoms with Gasteiger partial charge in [0.1, 0.15) is 17.0 Å². The standard InChI is InChI=1S/C22H30N4O5S/c1-22(2,3)31-21(27)26-13-10-15(11-14-26)25-18-9-12-24-20(19(18)23)30-16-5-7-17(8-6-16)32(4,28)29/h5-9,12,15H,10-11,13-14,23H2,1-4H3,(H,24,25). The van der Waals surface area contributed by atoms with Crippen LogP contribution >= 0.6 is 0 Å². The van der Waals surface area contributed by atoms with Crippen molar-refractivity contribution >= 4 is 27.3 Å². The van der Waals surface area contributed by atoms with E-state index < -0.39 is 15.4 Å². The van der Waals surface area contributed by atoms with E-state index in [2.05, 4.69) is 10.3 Å². The molecule has 1 amide bonds. The number of anilines is 2. The lowest BCUT2D eigenvalue weighted by molar-refractivity contribution is 0.0210. The average Bonchev–Trinajstić information content (AvgIpc) is 2.70. The van der Waals surface area contributed by atoms with Crippen molar-refractivity contribution in [2.75, 3.05) is 30.4 Å². The lowest BCUT2D eigenvalue weighted by Gasteiger charge is -2.34. The van der Waals surface area contributed by atoms with Crippen LogP contribution in [-0.4, -0.2) is 55.4 Å². The molecule has 0 unspecified atom stereocenters. The minimum Gasteiger partial charge on any atom is -0.444 e. The van der Waals surface area contributed by atoms with E-state index in [1.54, 1.807) is 29.3 Å². The number of carbonyl (C=O) groups is 1. The van der Waals surface area contributed by atoms with Crippen molar-refractivity contribution in [1.82, 2.24) is 9.88 Å². The Morgan fingerprint density at radius 2 is 1.78 bits per heavy atom. The minimum absolute atomic E-state index is 0.139. The van der Waals surface area contributed by atoms with Gasteiger partial charge in [-0.2, -0.15) is 0 Å². The Labute approximate surface area is 188 Å². The Bertz CT molecular complexity index is 1060. The molecule has 2 heterocycles. The number of nitrogens with one attached hydrogen (secondary N) is 1. The maximum atomic E-state index is 12.2. The topological polar surface area (TPSA) is 124 Å². The number of pyridine rings is 1. The van der Waals surface area contributed by atoms with Crippen molar-refractivity contribution in [2.24, 2.45) is 0 Å². The van der Waals surface area contributed by atoms with E-state index in [0.717, 1.165) is 19.1 Å². The zero-order chi connectivity index (χ0) is 23.5. The maximum Gasteiger partial charge on any atom is 0.410 e. The van der Waals surface area contributed by atoms with Crippen LogP contribution in [0.1, 0.15) is 33.6 Å². The van der Waals surface area contributed by atoms with E-state index in [0.29, 0.717) is 30.2 Å². The molecule has 10 heteroatoms. The molecule has 1 saturated heterocycles. The number of hydrogen-bond donors (Lipinski definition) is 2. The molecule has 1 fully saturated rings. The van der Waals surface area contributed by atoms with E-state index in [-0.39, 0.29) is 22.9 Å². The predicted molar refractivity (Wildman–Crippen MR) is 123 cm³/mol. The monoisotopic (exact) mass is 462 g/mol. The highest BCUT2D eigenvalue weighted by molar-refractivity contribution is 7.90. The van der Waals surface area contributed by atoms with E-state index in [4.69, 9.17) is 15.2 Å². The van der Waals surface area contributed by atoms with Gasteiger partial charge in [0, 0.05) is 31.6 Å². The van der Waals surface area contributed by atoms with Crippen LogP contribution in [0.2, 0.25) is 0 Å². The van der Waals surface area contributed by atoms with Crippen LogP contribution < -0.4 is 15.8 Å². The zero-order valence-corrected chi connectivity index (χ0v) is 19.6. The first-order valence-corrected chi connectivity index (χ1v) is 12.3.